The van der Waals surface area contributed by atoms with E-state index in [1.54, 1.807) is 0 Å². The zero-order valence-electron chi connectivity index (χ0n) is 9.70. The Balaban J connectivity index is 2.71. The molecule has 92 valence electrons. The van der Waals surface area contributed by atoms with Crippen LogP contribution in [0.3, 0.4) is 0 Å². The normalized spacial score (nSPS) is 10.3. The minimum Gasteiger partial charge on any atom is -0.501 e. The van der Waals surface area contributed by atoms with Gasteiger partial charge in [0.05, 0.1) is 25.7 Å². The monoisotopic (exact) mass is 239 g/mol. The SMILES string of the molecule is CCO/C=C/C(=O)Nc1ccc(F)cc1OC. The molecule has 0 radical (unpaired) electrons. The Hall–Kier alpha value is -2.04. The van der Waals surface area contributed by atoms with Gasteiger partial charge in [0.2, 0.25) is 0 Å². The van der Waals surface area contributed by atoms with Crippen LogP contribution >= 0.6 is 0 Å². The Bertz CT molecular complexity index is 418. The number of nitrogens with one attached hydrogen (secondary N) is 1. The average Bonchev–Trinajstić information content (AvgIpc) is 2.32. The number of hydrogen-bond donors (Lipinski definition) is 1. The van der Waals surface area contributed by atoms with Gasteiger partial charge in [0, 0.05) is 12.1 Å². The van der Waals surface area contributed by atoms with E-state index in [1.807, 2.05) is 6.92 Å². The zero-order chi connectivity index (χ0) is 12.7. The number of ether oxygens (including phenoxy) is 2. The molecule has 0 aliphatic rings. The predicted octanol–water partition coefficient (Wildman–Crippen LogP) is 2.32. The number of carbonyl (C=O) groups is 1. The molecule has 1 N–H and O–H groups in total. The predicted molar refractivity (Wildman–Crippen MR) is 62.3 cm³/mol. The van der Waals surface area contributed by atoms with Crippen LogP contribution in [-0.4, -0.2) is 19.6 Å². The van der Waals surface area contributed by atoms with Gasteiger partial charge >= 0.3 is 0 Å². The second kappa shape index (κ2) is 6.52. The fraction of sp³-hybridized carbons (Fsp3) is 0.250. The second-order valence-corrected chi connectivity index (χ2v) is 3.09. The van der Waals surface area contributed by atoms with E-state index in [9.17, 15) is 9.18 Å². The van der Waals surface area contributed by atoms with Gasteiger partial charge in [0.15, 0.2) is 0 Å². The Labute approximate surface area is 99.0 Å². The number of anilines is 1. The molecule has 0 aromatic heterocycles. The summed E-state index contributed by atoms with van der Waals surface area (Å²) in [5, 5.41) is 2.55. The molecule has 0 unspecified atom stereocenters. The smallest absolute Gasteiger partial charge is 0.251 e. The fourth-order valence-corrected chi connectivity index (χ4v) is 1.15. The van der Waals surface area contributed by atoms with Crippen LogP contribution in [0.1, 0.15) is 6.92 Å². The first-order chi connectivity index (χ1) is 8.17. The Morgan fingerprint density at radius 2 is 2.29 bits per heavy atom. The average molecular weight is 239 g/mol. The van der Waals surface area contributed by atoms with E-state index in [1.165, 1.54) is 37.6 Å². The molecule has 0 aliphatic carbocycles. The molecule has 5 heteroatoms. The minimum absolute atomic E-state index is 0.267. The molecule has 1 aromatic carbocycles. The van der Waals surface area contributed by atoms with Crippen molar-refractivity contribution in [1.29, 1.82) is 0 Å². The summed E-state index contributed by atoms with van der Waals surface area (Å²) in [6.45, 7) is 2.30. The molecule has 0 atom stereocenters. The maximum absolute atomic E-state index is 12.9. The van der Waals surface area contributed by atoms with Crippen molar-refractivity contribution in [3.8, 4) is 5.75 Å². The van der Waals surface area contributed by atoms with Gasteiger partial charge < -0.3 is 14.8 Å². The van der Waals surface area contributed by atoms with Crippen molar-refractivity contribution in [2.45, 2.75) is 6.92 Å². The van der Waals surface area contributed by atoms with Crippen molar-refractivity contribution >= 4 is 11.6 Å². The Kier molecular flexibility index (Phi) is 5.00. The number of methoxy groups -OCH3 is 1. The summed E-state index contributed by atoms with van der Waals surface area (Å²) in [6, 6.07) is 3.87. The highest BCUT2D eigenvalue weighted by Gasteiger charge is 2.06. The van der Waals surface area contributed by atoms with E-state index in [0.29, 0.717) is 12.3 Å². The maximum Gasteiger partial charge on any atom is 0.251 e. The van der Waals surface area contributed by atoms with Gasteiger partial charge in [-0.15, -0.1) is 0 Å². The zero-order valence-corrected chi connectivity index (χ0v) is 9.70. The molecule has 1 rings (SSSR count). The number of benzene rings is 1. The van der Waals surface area contributed by atoms with Crippen LogP contribution in [0.2, 0.25) is 0 Å². The Morgan fingerprint density at radius 3 is 2.94 bits per heavy atom. The number of carbonyl (C=O) groups excluding carboxylic acids is 1. The number of amides is 1. The van der Waals surface area contributed by atoms with Gasteiger partial charge in [0.25, 0.3) is 5.91 Å². The molecular weight excluding hydrogens is 225 g/mol. The third-order valence-corrected chi connectivity index (χ3v) is 1.90. The summed E-state index contributed by atoms with van der Waals surface area (Å²) in [4.78, 5) is 11.4. The maximum atomic E-state index is 12.9. The fourth-order valence-electron chi connectivity index (χ4n) is 1.15. The summed E-state index contributed by atoms with van der Waals surface area (Å²) >= 11 is 0. The summed E-state index contributed by atoms with van der Waals surface area (Å²) in [5.74, 6) is -0.531. The highest BCUT2D eigenvalue weighted by Crippen LogP contribution is 2.24. The highest BCUT2D eigenvalue weighted by atomic mass is 19.1. The van der Waals surface area contributed by atoms with Crippen LogP contribution in [0.15, 0.2) is 30.5 Å². The minimum atomic E-state index is -0.426. The molecule has 1 aromatic rings. The quantitative estimate of drug-likeness (QED) is 0.633. The lowest BCUT2D eigenvalue weighted by molar-refractivity contribution is -0.112. The summed E-state index contributed by atoms with van der Waals surface area (Å²) < 4.78 is 22.7. The van der Waals surface area contributed by atoms with Gasteiger partial charge in [-0.3, -0.25) is 4.79 Å². The van der Waals surface area contributed by atoms with Crippen molar-refractivity contribution in [3.05, 3.63) is 36.4 Å². The van der Waals surface area contributed by atoms with Crippen LogP contribution in [-0.2, 0) is 9.53 Å². The van der Waals surface area contributed by atoms with Gasteiger partial charge in [-0.1, -0.05) is 0 Å². The van der Waals surface area contributed by atoms with Crippen LogP contribution in [0, 0.1) is 5.82 Å². The molecule has 0 heterocycles. The number of halogens is 1. The van der Waals surface area contributed by atoms with Crippen molar-refractivity contribution in [2.24, 2.45) is 0 Å². The molecule has 0 fully saturated rings. The van der Waals surface area contributed by atoms with Gasteiger partial charge in [-0.2, -0.15) is 0 Å². The van der Waals surface area contributed by atoms with Crippen LogP contribution < -0.4 is 10.1 Å². The van der Waals surface area contributed by atoms with Gasteiger partial charge in [0.1, 0.15) is 11.6 Å². The third-order valence-electron chi connectivity index (χ3n) is 1.90. The molecule has 1 amide bonds. The highest BCUT2D eigenvalue weighted by molar-refractivity contribution is 6.00. The van der Waals surface area contributed by atoms with Crippen molar-refractivity contribution < 1.29 is 18.7 Å². The van der Waals surface area contributed by atoms with Crippen molar-refractivity contribution in [3.63, 3.8) is 0 Å². The molecule has 0 aliphatic heterocycles. The van der Waals surface area contributed by atoms with Crippen molar-refractivity contribution in [2.75, 3.05) is 19.0 Å². The number of rotatable bonds is 5. The molecule has 17 heavy (non-hydrogen) atoms. The topological polar surface area (TPSA) is 47.6 Å². The van der Waals surface area contributed by atoms with E-state index < -0.39 is 5.82 Å². The van der Waals surface area contributed by atoms with Gasteiger partial charge in [-0.25, -0.2) is 4.39 Å². The van der Waals surface area contributed by atoms with Crippen LogP contribution in [0.25, 0.3) is 0 Å². The molecule has 0 bridgehead atoms. The lowest BCUT2D eigenvalue weighted by Gasteiger charge is -2.08. The van der Waals surface area contributed by atoms with E-state index in [0.717, 1.165) is 0 Å². The Morgan fingerprint density at radius 1 is 1.53 bits per heavy atom. The van der Waals surface area contributed by atoms with Gasteiger partial charge in [-0.05, 0) is 19.1 Å². The lowest BCUT2D eigenvalue weighted by atomic mass is 10.3. The van der Waals surface area contributed by atoms with Crippen LogP contribution in [0.5, 0.6) is 5.75 Å². The first-order valence-electron chi connectivity index (χ1n) is 5.10. The standard InChI is InChI=1S/C12H14FNO3/c1-3-17-7-6-12(15)14-10-5-4-9(13)8-11(10)16-2/h4-8H,3H2,1-2H3,(H,14,15)/b7-6+. The van der Waals surface area contributed by atoms with E-state index >= 15 is 0 Å². The molecule has 0 spiro atoms. The lowest BCUT2D eigenvalue weighted by Crippen LogP contribution is -2.09. The van der Waals surface area contributed by atoms with Crippen molar-refractivity contribution in [1.82, 2.24) is 0 Å². The first-order valence-corrected chi connectivity index (χ1v) is 5.10. The summed E-state index contributed by atoms with van der Waals surface area (Å²) in [7, 11) is 1.40. The second-order valence-electron chi connectivity index (χ2n) is 3.09. The summed E-state index contributed by atoms with van der Waals surface area (Å²) in [5.41, 5.74) is 0.403. The van der Waals surface area contributed by atoms with Crippen LogP contribution in [0.4, 0.5) is 10.1 Å². The van der Waals surface area contributed by atoms with E-state index in [2.05, 4.69) is 5.32 Å². The van der Waals surface area contributed by atoms with E-state index in [-0.39, 0.29) is 11.7 Å². The largest absolute Gasteiger partial charge is 0.501 e. The molecule has 4 nitrogen and oxygen atoms in total. The third kappa shape index (κ3) is 4.14. The number of hydrogen-bond acceptors (Lipinski definition) is 3. The van der Waals surface area contributed by atoms with E-state index in [4.69, 9.17) is 9.47 Å². The molecule has 0 saturated heterocycles. The molecular formula is C12H14FNO3. The first kappa shape index (κ1) is 13.0. The molecule has 0 saturated carbocycles. The summed E-state index contributed by atoms with van der Waals surface area (Å²) in [6.07, 6.45) is 2.54.